The van der Waals surface area contributed by atoms with Crippen molar-refractivity contribution in [3.63, 3.8) is 0 Å². The summed E-state index contributed by atoms with van der Waals surface area (Å²) in [5, 5.41) is 12.7. The molecule has 0 atom stereocenters. The Morgan fingerprint density at radius 3 is 2.61 bits per heavy atom. The highest BCUT2D eigenvalue weighted by Gasteiger charge is 2.14. The Labute approximate surface area is 191 Å². The Kier molecular flexibility index (Phi) is 5.49. The third kappa shape index (κ3) is 4.28. The van der Waals surface area contributed by atoms with E-state index >= 15 is 0 Å². The van der Waals surface area contributed by atoms with Crippen molar-refractivity contribution < 1.29 is 4.79 Å². The summed E-state index contributed by atoms with van der Waals surface area (Å²) >= 11 is 1.22. The van der Waals surface area contributed by atoms with Crippen LogP contribution < -0.4 is 16.6 Å². The van der Waals surface area contributed by atoms with Crippen molar-refractivity contribution in [2.75, 3.05) is 11.1 Å². The SMILES string of the molecule is O=C(CSc1nnc2ccc3ccccc3n12)Nc1cc(=O)[nH]c(=O)n1Cc1ccccc1. The van der Waals surface area contributed by atoms with E-state index in [1.165, 1.54) is 22.4 Å². The Morgan fingerprint density at radius 2 is 1.76 bits per heavy atom. The molecule has 3 aromatic heterocycles. The molecule has 0 saturated carbocycles. The molecule has 2 aromatic carbocycles. The number of anilines is 1. The number of para-hydroxylation sites is 1. The summed E-state index contributed by atoms with van der Waals surface area (Å²) in [5.41, 5.74) is 1.31. The number of H-pyrrole nitrogens is 1. The lowest BCUT2D eigenvalue weighted by Gasteiger charge is -2.13. The zero-order valence-corrected chi connectivity index (χ0v) is 18.1. The van der Waals surface area contributed by atoms with Crippen molar-refractivity contribution in [1.29, 1.82) is 0 Å². The molecule has 0 radical (unpaired) electrons. The number of amides is 1. The molecule has 2 N–H and O–H groups in total. The van der Waals surface area contributed by atoms with Gasteiger partial charge in [-0.1, -0.05) is 60.3 Å². The summed E-state index contributed by atoms with van der Waals surface area (Å²) < 4.78 is 3.21. The molecular weight excluding hydrogens is 440 g/mol. The topological polar surface area (TPSA) is 114 Å². The Bertz CT molecular complexity index is 1590. The van der Waals surface area contributed by atoms with Gasteiger partial charge in [-0.2, -0.15) is 0 Å². The highest BCUT2D eigenvalue weighted by Crippen LogP contribution is 2.23. The minimum absolute atomic E-state index is 0.0241. The van der Waals surface area contributed by atoms with Gasteiger partial charge >= 0.3 is 5.69 Å². The fourth-order valence-electron chi connectivity index (χ4n) is 3.56. The molecule has 0 aliphatic rings. The van der Waals surface area contributed by atoms with Crippen LogP contribution in [0.4, 0.5) is 5.82 Å². The number of carbonyl (C=O) groups is 1. The van der Waals surface area contributed by atoms with Gasteiger partial charge in [0.25, 0.3) is 5.56 Å². The van der Waals surface area contributed by atoms with Gasteiger partial charge in [-0.05, 0) is 29.1 Å². The first-order chi connectivity index (χ1) is 16.1. The minimum Gasteiger partial charge on any atom is -0.311 e. The molecule has 0 fully saturated rings. The van der Waals surface area contributed by atoms with Crippen LogP contribution in [0, 0.1) is 0 Å². The third-order valence-electron chi connectivity index (χ3n) is 5.07. The van der Waals surface area contributed by atoms with E-state index in [1.54, 1.807) is 0 Å². The second-order valence-corrected chi connectivity index (χ2v) is 8.24. The second-order valence-electron chi connectivity index (χ2n) is 7.30. The lowest BCUT2D eigenvalue weighted by atomic mass is 10.2. The van der Waals surface area contributed by atoms with Gasteiger partial charge in [0, 0.05) is 6.07 Å². The molecule has 0 aliphatic carbocycles. The molecule has 0 saturated heterocycles. The van der Waals surface area contributed by atoms with E-state index in [0.717, 1.165) is 16.5 Å². The van der Waals surface area contributed by atoms with Gasteiger partial charge in [0.1, 0.15) is 5.82 Å². The maximum atomic E-state index is 12.7. The summed E-state index contributed by atoms with van der Waals surface area (Å²) in [5.74, 6) is -0.213. The Balaban J connectivity index is 1.38. The Hall–Kier alpha value is -4.18. The summed E-state index contributed by atoms with van der Waals surface area (Å²) in [4.78, 5) is 39.2. The molecule has 5 rings (SSSR count). The van der Waals surface area contributed by atoms with E-state index in [1.807, 2.05) is 71.1 Å². The highest BCUT2D eigenvalue weighted by molar-refractivity contribution is 7.99. The molecule has 0 unspecified atom stereocenters. The van der Waals surface area contributed by atoms with E-state index in [4.69, 9.17) is 0 Å². The van der Waals surface area contributed by atoms with Crippen LogP contribution in [0.3, 0.4) is 0 Å². The van der Waals surface area contributed by atoms with E-state index < -0.39 is 11.2 Å². The first-order valence-corrected chi connectivity index (χ1v) is 11.1. The standard InChI is InChI=1S/C23H18N6O3S/c30-20-12-19(28(22(32)25-20)13-15-6-2-1-3-7-15)24-21(31)14-33-23-27-26-18-11-10-16-8-4-5-9-17(16)29(18)23/h1-12H,13-14H2,(H,24,31)(H,25,30,32). The van der Waals surface area contributed by atoms with Crippen LogP contribution in [0.1, 0.15) is 5.56 Å². The maximum Gasteiger partial charge on any atom is 0.330 e. The van der Waals surface area contributed by atoms with Crippen LogP contribution in [0.5, 0.6) is 0 Å². The van der Waals surface area contributed by atoms with E-state index in [-0.39, 0.29) is 24.0 Å². The quantitative estimate of drug-likeness (QED) is 0.378. The number of rotatable bonds is 6. The van der Waals surface area contributed by atoms with Crippen LogP contribution in [0.15, 0.2) is 87.5 Å². The molecule has 0 bridgehead atoms. The third-order valence-corrected chi connectivity index (χ3v) is 5.99. The number of aromatic amines is 1. The molecule has 0 spiro atoms. The molecule has 0 aliphatic heterocycles. The fraction of sp³-hybridized carbons (Fsp3) is 0.0870. The molecular formula is C23H18N6O3S. The fourth-order valence-corrected chi connectivity index (χ4v) is 4.31. The van der Waals surface area contributed by atoms with Crippen LogP contribution in [0.25, 0.3) is 16.6 Å². The van der Waals surface area contributed by atoms with Crippen LogP contribution >= 0.6 is 11.8 Å². The Morgan fingerprint density at radius 1 is 0.970 bits per heavy atom. The normalized spacial score (nSPS) is 11.2. The number of nitrogens with one attached hydrogen (secondary N) is 2. The number of hydrogen-bond donors (Lipinski definition) is 2. The molecule has 164 valence electrons. The smallest absolute Gasteiger partial charge is 0.311 e. The average Bonchev–Trinajstić information content (AvgIpc) is 3.24. The average molecular weight is 459 g/mol. The van der Waals surface area contributed by atoms with Gasteiger partial charge in [-0.15, -0.1) is 10.2 Å². The van der Waals surface area contributed by atoms with Crippen molar-refractivity contribution in [1.82, 2.24) is 24.1 Å². The monoisotopic (exact) mass is 458 g/mol. The summed E-state index contributed by atoms with van der Waals surface area (Å²) in [7, 11) is 0. The lowest BCUT2D eigenvalue weighted by Crippen LogP contribution is -2.33. The molecule has 1 amide bonds. The molecule has 3 heterocycles. The van der Waals surface area contributed by atoms with Crippen molar-refractivity contribution in [3.8, 4) is 0 Å². The largest absolute Gasteiger partial charge is 0.330 e. The molecule has 5 aromatic rings. The highest BCUT2D eigenvalue weighted by atomic mass is 32.2. The molecule has 33 heavy (non-hydrogen) atoms. The second kappa shape index (κ2) is 8.75. The summed E-state index contributed by atoms with van der Waals surface area (Å²) in [6.45, 7) is 0.208. The maximum absolute atomic E-state index is 12.7. The number of carbonyl (C=O) groups excluding carboxylic acids is 1. The number of hydrogen-bond acceptors (Lipinski definition) is 6. The van der Waals surface area contributed by atoms with Gasteiger partial charge in [0.2, 0.25) is 5.91 Å². The molecule has 10 heteroatoms. The molecule has 9 nitrogen and oxygen atoms in total. The number of pyridine rings is 1. The van der Waals surface area contributed by atoms with E-state index in [9.17, 15) is 14.4 Å². The number of aromatic nitrogens is 5. The predicted octanol–water partition coefficient (Wildman–Crippen LogP) is 2.51. The predicted molar refractivity (Wildman–Crippen MR) is 127 cm³/mol. The summed E-state index contributed by atoms with van der Waals surface area (Å²) in [6, 6.07) is 22.2. The number of fused-ring (bicyclic) bond motifs is 3. The number of thioether (sulfide) groups is 1. The van der Waals surface area contributed by atoms with Gasteiger partial charge in [-0.3, -0.25) is 23.5 Å². The first-order valence-electron chi connectivity index (χ1n) is 10.1. The van der Waals surface area contributed by atoms with E-state index in [0.29, 0.717) is 10.8 Å². The zero-order valence-electron chi connectivity index (χ0n) is 17.3. The van der Waals surface area contributed by atoms with Crippen LogP contribution in [-0.2, 0) is 11.3 Å². The van der Waals surface area contributed by atoms with Gasteiger partial charge in [0.05, 0.1) is 17.8 Å². The zero-order chi connectivity index (χ0) is 22.8. The van der Waals surface area contributed by atoms with Gasteiger partial charge in [0.15, 0.2) is 10.8 Å². The van der Waals surface area contributed by atoms with Crippen molar-refractivity contribution in [2.24, 2.45) is 0 Å². The van der Waals surface area contributed by atoms with Crippen LogP contribution in [0.2, 0.25) is 0 Å². The van der Waals surface area contributed by atoms with Gasteiger partial charge < -0.3 is 5.32 Å². The van der Waals surface area contributed by atoms with Crippen molar-refractivity contribution in [3.05, 3.63) is 99.2 Å². The lowest BCUT2D eigenvalue weighted by molar-refractivity contribution is -0.113. The number of nitrogens with zero attached hydrogens (tertiary/aromatic N) is 4. The minimum atomic E-state index is -0.593. The first kappa shape index (κ1) is 20.7. The van der Waals surface area contributed by atoms with Crippen molar-refractivity contribution >= 4 is 40.0 Å². The van der Waals surface area contributed by atoms with Gasteiger partial charge in [-0.25, -0.2) is 4.79 Å². The van der Waals surface area contributed by atoms with Crippen molar-refractivity contribution in [2.45, 2.75) is 11.7 Å². The van der Waals surface area contributed by atoms with E-state index in [2.05, 4.69) is 20.5 Å². The summed E-state index contributed by atoms with van der Waals surface area (Å²) in [6.07, 6.45) is 0. The van der Waals surface area contributed by atoms with Crippen LogP contribution in [-0.4, -0.2) is 35.8 Å². The number of benzene rings is 2.